The van der Waals surface area contributed by atoms with E-state index in [9.17, 15) is 14.0 Å². The molecule has 3 N–H and O–H groups in total. The second-order valence-corrected chi connectivity index (χ2v) is 6.54. The molecule has 0 radical (unpaired) electrons. The maximum atomic E-state index is 13.2. The van der Waals surface area contributed by atoms with Gasteiger partial charge in [-0.15, -0.1) is 12.4 Å². The number of benzene rings is 1. The number of rotatable bonds is 4. The van der Waals surface area contributed by atoms with Gasteiger partial charge >= 0.3 is 0 Å². The standard InChI is InChI=1S/C18H21FN2O3.ClH/c19-12-4-5-15-13(10-12)14(22)11-16(24-15)17(23)21-9-8-18(20)6-2-1-3-7-18;/h4-5,10-11H,1-3,6-9,20H2,(H,21,23);1H. The highest BCUT2D eigenvalue weighted by Gasteiger charge is 2.27. The van der Waals surface area contributed by atoms with E-state index in [0.29, 0.717) is 13.0 Å². The summed E-state index contributed by atoms with van der Waals surface area (Å²) in [7, 11) is 0. The van der Waals surface area contributed by atoms with Crippen molar-refractivity contribution in [2.75, 3.05) is 6.54 Å². The van der Waals surface area contributed by atoms with E-state index in [2.05, 4.69) is 5.32 Å². The minimum absolute atomic E-state index is 0. The molecule has 1 saturated carbocycles. The first-order valence-corrected chi connectivity index (χ1v) is 8.27. The van der Waals surface area contributed by atoms with Crippen LogP contribution in [-0.4, -0.2) is 18.0 Å². The molecule has 0 bridgehead atoms. The Kier molecular flexibility index (Phi) is 6.19. The molecule has 25 heavy (non-hydrogen) atoms. The summed E-state index contributed by atoms with van der Waals surface area (Å²) in [5.74, 6) is -1.06. The summed E-state index contributed by atoms with van der Waals surface area (Å²) < 4.78 is 18.6. The third-order valence-corrected chi connectivity index (χ3v) is 4.67. The molecule has 1 heterocycles. The van der Waals surface area contributed by atoms with E-state index in [1.165, 1.54) is 18.6 Å². The minimum atomic E-state index is -0.521. The molecule has 1 aliphatic carbocycles. The van der Waals surface area contributed by atoms with Crippen LogP contribution < -0.4 is 16.5 Å². The molecular weight excluding hydrogens is 347 g/mol. The predicted molar refractivity (Wildman–Crippen MR) is 96.6 cm³/mol. The average molecular weight is 369 g/mol. The van der Waals surface area contributed by atoms with Gasteiger partial charge in [-0.05, 0) is 37.5 Å². The SMILES string of the molecule is Cl.NC1(CCNC(=O)c2cc(=O)c3cc(F)ccc3o2)CCCCC1. The van der Waals surface area contributed by atoms with Gasteiger partial charge in [-0.25, -0.2) is 4.39 Å². The van der Waals surface area contributed by atoms with Crippen LogP contribution in [0.15, 0.2) is 33.5 Å². The van der Waals surface area contributed by atoms with Crippen LogP contribution in [0.5, 0.6) is 0 Å². The normalized spacial score (nSPS) is 16.2. The van der Waals surface area contributed by atoms with Gasteiger partial charge in [0.25, 0.3) is 5.91 Å². The zero-order valence-corrected chi connectivity index (χ0v) is 14.7. The van der Waals surface area contributed by atoms with Crippen molar-refractivity contribution in [3.63, 3.8) is 0 Å². The molecule has 0 atom stereocenters. The summed E-state index contributed by atoms with van der Waals surface area (Å²) in [5, 5.41) is 2.87. The highest BCUT2D eigenvalue weighted by Crippen LogP contribution is 2.28. The van der Waals surface area contributed by atoms with Gasteiger partial charge in [-0.1, -0.05) is 19.3 Å². The van der Waals surface area contributed by atoms with Crippen molar-refractivity contribution in [3.8, 4) is 0 Å². The van der Waals surface area contributed by atoms with Gasteiger partial charge in [-0.3, -0.25) is 9.59 Å². The lowest BCUT2D eigenvalue weighted by Gasteiger charge is -2.33. The van der Waals surface area contributed by atoms with Crippen molar-refractivity contribution in [1.29, 1.82) is 0 Å². The summed E-state index contributed by atoms with van der Waals surface area (Å²) >= 11 is 0. The van der Waals surface area contributed by atoms with E-state index in [1.807, 2.05) is 0 Å². The fraction of sp³-hybridized carbons (Fsp3) is 0.444. The molecule has 1 fully saturated rings. The first-order valence-electron chi connectivity index (χ1n) is 8.27. The number of carbonyl (C=O) groups excluding carboxylic acids is 1. The Bertz CT molecular complexity index is 816. The second-order valence-electron chi connectivity index (χ2n) is 6.54. The third-order valence-electron chi connectivity index (χ3n) is 4.67. The van der Waals surface area contributed by atoms with Gasteiger partial charge in [0.2, 0.25) is 0 Å². The Hall–Kier alpha value is -1.92. The molecule has 5 nitrogen and oxygen atoms in total. The highest BCUT2D eigenvalue weighted by molar-refractivity contribution is 5.93. The Morgan fingerprint density at radius 2 is 1.96 bits per heavy atom. The van der Waals surface area contributed by atoms with E-state index in [1.54, 1.807) is 0 Å². The fourth-order valence-corrected chi connectivity index (χ4v) is 3.26. The lowest BCUT2D eigenvalue weighted by Crippen LogP contribution is -2.44. The van der Waals surface area contributed by atoms with Crippen molar-refractivity contribution in [3.05, 3.63) is 46.1 Å². The Morgan fingerprint density at radius 1 is 1.24 bits per heavy atom. The third kappa shape index (κ3) is 4.58. The Morgan fingerprint density at radius 3 is 2.68 bits per heavy atom. The van der Waals surface area contributed by atoms with Gasteiger partial charge in [0.1, 0.15) is 11.4 Å². The maximum Gasteiger partial charge on any atom is 0.287 e. The van der Waals surface area contributed by atoms with Crippen molar-refractivity contribution in [2.45, 2.75) is 44.1 Å². The molecule has 1 aromatic heterocycles. The zero-order valence-electron chi connectivity index (χ0n) is 13.8. The van der Waals surface area contributed by atoms with Gasteiger partial charge in [0, 0.05) is 18.2 Å². The fourth-order valence-electron chi connectivity index (χ4n) is 3.26. The smallest absolute Gasteiger partial charge is 0.287 e. The van der Waals surface area contributed by atoms with E-state index < -0.39 is 17.2 Å². The molecule has 0 spiro atoms. The number of amides is 1. The average Bonchev–Trinajstić information content (AvgIpc) is 2.55. The number of nitrogens with two attached hydrogens (primary N) is 1. The summed E-state index contributed by atoms with van der Waals surface area (Å²) in [6.45, 7) is 0.431. The maximum absolute atomic E-state index is 13.2. The van der Waals surface area contributed by atoms with Crippen LogP contribution in [0, 0.1) is 5.82 Å². The molecule has 136 valence electrons. The highest BCUT2D eigenvalue weighted by atomic mass is 35.5. The number of fused-ring (bicyclic) bond motifs is 1. The van der Waals surface area contributed by atoms with Crippen molar-refractivity contribution < 1.29 is 13.6 Å². The molecule has 7 heteroatoms. The topological polar surface area (TPSA) is 85.3 Å². The number of nitrogens with one attached hydrogen (secondary N) is 1. The largest absolute Gasteiger partial charge is 0.451 e. The van der Waals surface area contributed by atoms with Crippen LogP contribution >= 0.6 is 12.4 Å². The Balaban J connectivity index is 0.00000225. The van der Waals surface area contributed by atoms with Gasteiger partial charge in [0.05, 0.1) is 5.39 Å². The molecule has 1 aromatic carbocycles. The summed E-state index contributed by atoms with van der Waals surface area (Å²) in [5.41, 5.74) is 5.87. The van der Waals surface area contributed by atoms with Gasteiger partial charge in [0.15, 0.2) is 11.2 Å². The van der Waals surface area contributed by atoms with Crippen LogP contribution in [-0.2, 0) is 0 Å². The van der Waals surface area contributed by atoms with Crippen LogP contribution in [0.25, 0.3) is 11.0 Å². The Labute approximate surface area is 151 Å². The first kappa shape index (κ1) is 19.4. The van der Waals surface area contributed by atoms with Crippen molar-refractivity contribution in [2.24, 2.45) is 5.73 Å². The molecule has 0 unspecified atom stereocenters. The van der Waals surface area contributed by atoms with Crippen molar-refractivity contribution in [1.82, 2.24) is 5.32 Å². The van der Waals surface area contributed by atoms with E-state index in [4.69, 9.17) is 10.2 Å². The number of carbonyl (C=O) groups is 1. The lowest BCUT2D eigenvalue weighted by atomic mass is 9.80. The lowest BCUT2D eigenvalue weighted by molar-refractivity contribution is 0.0922. The van der Waals surface area contributed by atoms with Crippen LogP contribution in [0.1, 0.15) is 49.1 Å². The number of halogens is 2. The summed E-state index contributed by atoms with van der Waals surface area (Å²) in [6, 6.07) is 4.73. The number of hydrogen-bond acceptors (Lipinski definition) is 4. The van der Waals surface area contributed by atoms with E-state index >= 15 is 0 Å². The molecule has 2 aromatic rings. The number of hydrogen-bond donors (Lipinski definition) is 2. The minimum Gasteiger partial charge on any atom is -0.451 e. The molecule has 0 saturated heterocycles. The first-order chi connectivity index (χ1) is 11.5. The van der Waals surface area contributed by atoms with E-state index in [-0.39, 0.29) is 34.7 Å². The predicted octanol–water partition coefficient (Wildman–Crippen LogP) is 3.14. The molecular formula is C18H22ClFN2O3. The van der Waals surface area contributed by atoms with Gasteiger partial charge in [-0.2, -0.15) is 0 Å². The summed E-state index contributed by atoms with van der Waals surface area (Å²) in [4.78, 5) is 24.2. The van der Waals surface area contributed by atoms with Gasteiger partial charge < -0.3 is 15.5 Å². The monoisotopic (exact) mass is 368 g/mol. The molecule has 1 aliphatic rings. The summed E-state index contributed by atoms with van der Waals surface area (Å²) in [6.07, 6.45) is 6.11. The molecule has 3 rings (SSSR count). The second kappa shape index (κ2) is 7.97. The van der Waals surface area contributed by atoms with Crippen molar-refractivity contribution >= 4 is 29.3 Å². The van der Waals surface area contributed by atoms with Crippen LogP contribution in [0.4, 0.5) is 4.39 Å². The quantitative estimate of drug-likeness (QED) is 0.868. The molecule has 1 amide bonds. The van der Waals surface area contributed by atoms with E-state index in [0.717, 1.165) is 37.8 Å². The zero-order chi connectivity index (χ0) is 17.2. The van der Waals surface area contributed by atoms with Crippen LogP contribution in [0.3, 0.4) is 0 Å². The van der Waals surface area contributed by atoms with Crippen LogP contribution in [0.2, 0.25) is 0 Å². The molecule has 0 aliphatic heterocycles.